The summed E-state index contributed by atoms with van der Waals surface area (Å²) in [5, 5.41) is 5.76. The Hall–Kier alpha value is -4.75. The molecule has 1 aromatic carbocycles. The predicted molar refractivity (Wildman–Crippen MR) is 276 cm³/mol. The smallest absolute Gasteiger partial charge is 0.324 e. The second-order valence-corrected chi connectivity index (χ2v) is 24.0. The summed E-state index contributed by atoms with van der Waals surface area (Å²) in [4.78, 5) is 58.8. The number of methoxy groups -OCH3 is 1. The molecule has 6 aliphatic heterocycles. The van der Waals surface area contributed by atoms with Crippen molar-refractivity contribution in [2.75, 3.05) is 79.5 Å². The van der Waals surface area contributed by atoms with Gasteiger partial charge in [0, 0.05) is 97.5 Å². The summed E-state index contributed by atoms with van der Waals surface area (Å²) in [6.45, 7) is 16.2. The van der Waals surface area contributed by atoms with Gasteiger partial charge in [0.25, 0.3) is 5.91 Å². The van der Waals surface area contributed by atoms with Crippen LogP contribution in [0.3, 0.4) is 0 Å². The summed E-state index contributed by atoms with van der Waals surface area (Å²) in [7, 11) is 1.75. The SMILES string of the molecule is CO[C@@H](C)c1ncc(C2CCN(C3CC3)CC2)cc1-c1c2c3cc(ccc3n1CCOC1CCOCC1)-c1coc(n1)[C@@H](N1CC3(COC3)C1)[C@H](NC(=O)[C@H]1C[C@@H]1C)C(=O)N1CCC[C@H](N1)C(=O)OCC(C)(C)C2. The average Bonchev–Trinajstić information content (AvgIpc) is 4.31. The number of aromatic nitrogens is 3. The van der Waals surface area contributed by atoms with E-state index in [2.05, 4.69) is 83.3 Å². The molecular weight excluding hydrogens is 941 g/mol. The van der Waals surface area contributed by atoms with Crippen molar-refractivity contribution in [3.63, 3.8) is 0 Å². The van der Waals surface area contributed by atoms with Crippen LogP contribution in [0.2, 0.25) is 0 Å². The highest BCUT2D eigenvalue weighted by Gasteiger charge is 2.55. The molecule has 2 saturated carbocycles. The number of benzene rings is 1. The Morgan fingerprint density at radius 3 is 2.47 bits per heavy atom. The maximum Gasteiger partial charge on any atom is 0.324 e. The molecule has 398 valence electrons. The highest BCUT2D eigenvalue weighted by atomic mass is 16.5. The fraction of sp³-hybridized carbons (Fsp3) is 0.667. The maximum atomic E-state index is 15.1. The number of fused-ring (bicyclic) bond motifs is 6. The molecule has 74 heavy (non-hydrogen) atoms. The quantitative estimate of drug-likeness (QED) is 0.143. The number of amides is 2. The minimum atomic E-state index is -1.05. The van der Waals surface area contributed by atoms with Crippen molar-refractivity contribution in [3.05, 3.63) is 59.4 Å². The Bertz CT molecular complexity index is 2730. The molecule has 0 radical (unpaired) electrons. The van der Waals surface area contributed by atoms with Gasteiger partial charge in [-0.25, -0.2) is 10.4 Å². The monoisotopic (exact) mass is 1020 g/mol. The van der Waals surface area contributed by atoms with Gasteiger partial charge in [-0.3, -0.25) is 29.3 Å². The van der Waals surface area contributed by atoms with E-state index in [4.69, 9.17) is 38.1 Å². The van der Waals surface area contributed by atoms with Gasteiger partial charge in [-0.05, 0) is 125 Å². The van der Waals surface area contributed by atoms with Crippen LogP contribution in [-0.4, -0.2) is 151 Å². The Labute approximate surface area is 434 Å². The zero-order chi connectivity index (χ0) is 50.9. The van der Waals surface area contributed by atoms with Gasteiger partial charge in [0.05, 0.1) is 50.0 Å². The molecule has 2 aliphatic carbocycles. The highest BCUT2D eigenvalue weighted by Crippen LogP contribution is 2.47. The number of cyclic esters (lactones) is 1. The number of hydrogen-bond acceptors (Lipinski definition) is 14. The molecule has 6 bridgehead atoms. The lowest BCUT2D eigenvalue weighted by Crippen LogP contribution is -2.70. The van der Waals surface area contributed by atoms with Crippen LogP contribution in [0.5, 0.6) is 0 Å². The van der Waals surface area contributed by atoms with E-state index >= 15 is 4.79 Å². The van der Waals surface area contributed by atoms with Gasteiger partial charge in [0.1, 0.15) is 30.1 Å². The summed E-state index contributed by atoms with van der Waals surface area (Å²) < 4.78 is 39.5. The molecule has 17 heteroatoms. The topological polar surface area (TPSA) is 175 Å². The number of oxazole rings is 1. The summed E-state index contributed by atoms with van der Waals surface area (Å²) in [5.41, 5.74) is 10.6. The van der Waals surface area contributed by atoms with E-state index < -0.39 is 29.5 Å². The van der Waals surface area contributed by atoms with Crippen LogP contribution in [0.4, 0.5) is 0 Å². The summed E-state index contributed by atoms with van der Waals surface area (Å²) >= 11 is 0. The van der Waals surface area contributed by atoms with Crippen molar-refractivity contribution in [3.8, 4) is 22.5 Å². The van der Waals surface area contributed by atoms with E-state index in [1.54, 1.807) is 13.4 Å². The molecular formula is C57H76N8O9. The molecule has 9 heterocycles. The third-order valence-electron chi connectivity index (χ3n) is 17.7. The van der Waals surface area contributed by atoms with E-state index in [9.17, 15) is 9.59 Å². The first kappa shape index (κ1) is 50.1. The Morgan fingerprint density at radius 1 is 0.973 bits per heavy atom. The lowest BCUT2D eigenvalue weighted by atomic mass is 9.76. The molecule has 0 unspecified atom stereocenters. The van der Waals surface area contributed by atoms with Crippen molar-refractivity contribution in [2.45, 2.75) is 141 Å². The minimum Gasteiger partial charge on any atom is -0.464 e. The first-order chi connectivity index (χ1) is 35.8. The Balaban J connectivity index is 1.00. The molecule has 2 amide bonds. The van der Waals surface area contributed by atoms with Gasteiger partial charge in [0.2, 0.25) is 11.8 Å². The van der Waals surface area contributed by atoms with E-state index in [0.717, 1.165) is 90.2 Å². The number of carbonyl (C=O) groups excluding carboxylic acids is 3. The van der Waals surface area contributed by atoms with Crippen LogP contribution in [0.25, 0.3) is 33.4 Å². The molecule has 12 rings (SSSR count). The average molecular weight is 1020 g/mol. The molecule has 7 fully saturated rings. The van der Waals surface area contributed by atoms with Crippen molar-refractivity contribution in [2.24, 2.45) is 22.7 Å². The van der Waals surface area contributed by atoms with Crippen molar-refractivity contribution in [1.29, 1.82) is 0 Å². The normalized spacial score (nSPS) is 28.3. The van der Waals surface area contributed by atoms with Gasteiger partial charge >= 0.3 is 5.97 Å². The maximum absolute atomic E-state index is 15.1. The molecule has 4 aromatic rings. The largest absolute Gasteiger partial charge is 0.464 e. The third kappa shape index (κ3) is 9.95. The number of hydrogen-bond donors (Lipinski definition) is 2. The number of ether oxygens (including phenoxy) is 5. The number of piperidine rings is 1. The molecule has 1 spiro atoms. The van der Waals surface area contributed by atoms with Gasteiger partial charge in [-0.1, -0.05) is 26.8 Å². The second kappa shape index (κ2) is 20.3. The van der Waals surface area contributed by atoms with Crippen LogP contribution < -0.4 is 10.7 Å². The lowest BCUT2D eigenvalue weighted by molar-refractivity contribution is -0.204. The summed E-state index contributed by atoms with van der Waals surface area (Å²) in [6.07, 6.45) is 12.6. The predicted octanol–water partition coefficient (Wildman–Crippen LogP) is 6.74. The molecule has 17 nitrogen and oxygen atoms in total. The van der Waals surface area contributed by atoms with E-state index in [1.165, 1.54) is 23.4 Å². The van der Waals surface area contributed by atoms with Gasteiger partial charge in [-0.15, -0.1) is 0 Å². The van der Waals surface area contributed by atoms with Crippen molar-refractivity contribution < 1.29 is 42.5 Å². The standard InChI is InChI=1S/C57H76N8O9/c1-34-23-41(34)52(66)60-49-51(63-29-57(30-63)32-71-33-57)53-59-46(28-73-53)37-8-11-47-42(24-37)44(26-56(3,4)31-74-55(68)45-7-6-16-65(61-45)54(49)67)50(64(47)19-22-72-40-14-20-70-21-15-40)43-25-38(27-58-48(43)35(2)69-5)36-12-17-62(18-13-36)39-9-10-39/h8,11,24-25,27-28,34-36,39-41,45,49,51,61H,6-7,9-10,12-23,26,29-33H2,1-5H3,(H,60,66)/t34-,35-,41-,45-,49-,51-/m0/s1. The number of esters is 1. The van der Waals surface area contributed by atoms with Gasteiger partial charge < -0.3 is 42.9 Å². The Kier molecular flexibility index (Phi) is 13.8. The zero-order valence-electron chi connectivity index (χ0n) is 44.1. The zero-order valence-corrected chi connectivity index (χ0v) is 44.1. The van der Waals surface area contributed by atoms with Crippen molar-refractivity contribution >= 4 is 28.7 Å². The van der Waals surface area contributed by atoms with Crippen LogP contribution in [0.15, 0.2) is 41.1 Å². The Morgan fingerprint density at radius 2 is 1.76 bits per heavy atom. The number of nitrogens with one attached hydrogen (secondary N) is 2. The van der Waals surface area contributed by atoms with Crippen LogP contribution in [-0.2, 0) is 51.0 Å². The molecule has 8 aliphatic rings. The number of carbonyl (C=O) groups is 3. The summed E-state index contributed by atoms with van der Waals surface area (Å²) in [5.74, 6) is -0.132. The first-order valence-electron chi connectivity index (χ1n) is 27.8. The molecule has 5 saturated heterocycles. The first-order valence-corrected chi connectivity index (χ1v) is 27.8. The second-order valence-electron chi connectivity index (χ2n) is 24.0. The van der Waals surface area contributed by atoms with Crippen LogP contribution in [0.1, 0.15) is 126 Å². The van der Waals surface area contributed by atoms with Crippen LogP contribution in [0, 0.1) is 22.7 Å². The molecule has 6 atom stereocenters. The van der Waals surface area contributed by atoms with E-state index in [1.807, 2.05) is 0 Å². The van der Waals surface area contributed by atoms with Crippen molar-refractivity contribution in [1.82, 2.24) is 40.1 Å². The minimum absolute atomic E-state index is 0.0121. The van der Waals surface area contributed by atoms with E-state index in [0.29, 0.717) is 96.0 Å². The highest BCUT2D eigenvalue weighted by molar-refractivity contribution is 5.95. The number of pyridine rings is 1. The van der Waals surface area contributed by atoms with Crippen LogP contribution >= 0.6 is 0 Å². The number of rotatable bonds is 12. The van der Waals surface area contributed by atoms with Gasteiger partial charge in [-0.2, -0.15) is 0 Å². The number of likely N-dealkylation sites (tertiary alicyclic amines) is 2. The molecule has 3 aromatic heterocycles. The van der Waals surface area contributed by atoms with E-state index in [-0.39, 0.29) is 47.9 Å². The summed E-state index contributed by atoms with van der Waals surface area (Å²) in [6, 6.07) is 7.14. The number of nitrogens with zero attached hydrogens (tertiary/aromatic N) is 6. The number of hydrazine groups is 1. The molecule has 2 N–H and O–H groups in total. The fourth-order valence-electron chi connectivity index (χ4n) is 12.9. The lowest BCUT2D eigenvalue weighted by Gasteiger charge is -2.57. The third-order valence-corrected chi connectivity index (χ3v) is 17.7. The fourth-order valence-corrected chi connectivity index (χ4v) is 12.9. The van der Waals surface area contributed by atoms with Gasteiger partial charge in [0.15, 0.2) is 0 Å².